The third-order valence-corrected chi connectivity index (χ3v) is 7.90. The van der Waals surface area contributed by atoms with E-state index in [2.05, 4.69) is 14.7 Å². The van der Waals surface area contributed by atoms with E-state index in [4.69, 9.17) is 9.47 Å². The second kappa shape index (κ2) is 11.9. The molecule has 220 valence electrons. The number of sulfonamides is 1. The molecule has 11 heteroatoms. The fourth-order valence-electron chi connectivity index (χ4n) is 4.87. The highest BCUT2D eigenvalue weighted by Crippen LogP contribution is 2.39. The highest BCUT2D eigenvalue weighted by molar-refractivity contribution is 7.92. The standard InChI is InChI=1S/C29H40FN3O6S/c1-9-40(36,37)33-27-31-24(17(2)3)21(25(32-27)18-10-12-19(30)13-11-18)15-14-20-16-22(39-29(7,8)38-20)23(26(34)35)28(4,5)6/h10-15,17,20,22-23H,9,16H2,1-8H3,(H,34,35)(H,31,32,33)/b15-14+/t20-,22-,23?/m1/s1. The summed E-state index contributed by atoms with van der Waals surface area (Å²) in [6.07, 6.45) is 2.86. The van der Waals surface area contributed by atoms with Crippen molar-refractivity contribution < 1.29 is 32.2 Å². The van der Waals surface area contributed by atoms with Crippen LogP contribution in [0, 0.1) is 17.2 Å². The van der Waals surface area contributed by atoms with E-state index in [-0.39, 0.29) is 17.6 Å². The number of carbonyl (C=O) groups is 1. The van der Waals surface area contributed by atoms with Crippen molar-refractivity contribution in [2.24, 2.45) is 11.3 Å². The number of rotatable bonds is 9. The minimum absolute atomic E-state index is 0.0694. The molecule has 0 spiro atoms. The lowest BCUT2D eigenvalue weighted by Crippen LogP contribution is -2.51. The van der Waals surface area contributed by atoms with Crippen LogP contribution in [0.1, 0.15) is 79.0 Å². The highest BCUT2D eigenvalue weighted by Gasteiger charge is 2.45. The number of ether oxygens (including phenoxy) is 2. The Kier molecular flexibility index (Phi) is 9.43. The summed E-state index contributed by atoms with van der Waals surface area (Å²) in [4.78, 5) is 21.3. The first kappa shape index (κ1) is 31.6. The van der Waals surface area contributed by atoms with E-state index >= 15 is 0 Å². The van der Waals surface area contributed by atoms with Crippen LogP contribution in [-0.2, 0) is 24.3 Å². The number of aromatic nitrogens is 2. The van der Waals surface area contributed by atoms with Crippen LogP contribution in [0.4, 0.5) is 10.3 Å². The van der Waals surface area contributed by atoms with E-state index in [0.717, 1.165) is 0 Å². The first-order chi connectivity index (χ1) is 18.4. The average molecular weight is 578 g/mol. The SMILES string of the molecule is CCS(=O)(=O)Nc1nc(-c2ccc(F)cc2)c(/C=C/[C@@H]2C[C@H](C(C(=O)O)C(C)(C)C)OC(C)(C)O2)c(C(C)C)n1. The predicted octanol–water partition coefficient (Wildman–Crippen LogP) is 5.84. The van der Waals surface area contributed by atoms with E-state index in [1.807, 2.05) is 46.8 Å². The van der Waals surface area contributed by atoms with Crippen LogP contribution in [0.25, 0.3) is 17.3 Å². The van der Waals surface area contributed by atoms with Gasteiger partial charge < -0.3 is 14.6 Å². The van der Waals surface area contributed by atoms with E-state index in [1.165, 1.54) is 19.1 Å². The summed E-state index contributed by atoms with van der Waals surface area (Å²) in [5.74, 6) is -3.48. The van der Waals surface area contributed by atoms with Crippen molar-refractivity contribution in [2.45, 2.75) is 85.7 Å². The first-order valence-electron chi connectivity index (χ1n) is 13.4. The summed E-state index contributed by atoms with van der Waals surface area (Å²) in [7, 11) is -3.64. The maximum Gasteiger partial charge on any atom is 0.309 e. The van der Waals surface area contributed by atoms with Crippen LogP contribution >= 0.6 is 0 Å². The molecule has 2 N–H and O–H groups in total. The summed E-state index contributed by atoms with van der Waals surface area (Å²) in [6, 6.07) is 5.76. The molecule has 1 unspecified atom stereocenters. The Morgan fingerprint density at radius 2 is 1.82 bits per heavy atom. The van der Waals surface area contributed by atoms with Gasteiger partial charge in [-0.25, -0.2) is 22.8 Å². The molecule has 2 heterocycles. The Hall–Kier alpha value is -2.89. The summed E-state index contributed by atoms with van der Waals surface area (Å²) in [5, 5.41) is 10.00. The Bertz CT molecular complexity index is 1350. The Labute approximate surface area is 236 Å². The minimum Gasteiger partial charge on any atom is -0.481 e. The number of carboxylic acid groups (broad SMARTS) is 1. The van der Waals surface area contributed by atoms with Crippen LogP contribution in [0.2, 0.25) is 0 Å². The van der Waals surface area contributed by atoms with Crippen LogP contribution < -0.4 is 4.72 Å². The molecule has 1 fully saturated rings. The maximum absolute atomic E-state index is 13.8. The summed E-state index contributed by atoms with van der Waals surface area (Å²) >= 11 is 0. The molecule has 0 bridgehead atoms. The van der Waals surface area contributed by atoms with Crippen molar-refractivity contribution in [2.75, 3.05) is 10.5 Å². The number of aliphatic carboxylic acids is 1. The van der Waals surface area contributed by atoms with Crippen molar-refractivity contribution in [3.05, 3.63) is 47.4 Å². The van der Waals surface area contributed by atoms with Gasteiger partial charge in [-0.3, -0.25) is 9.52 Å². The molecule has 0 amide bonds. The number of nitrogens with zero attached hydrogens (tertiary/aromatic N) is 2. The van der Waals surface area contributed by atoms with Gasteiger partial charge in [-0.05, 0) is 56.4 Å². The largest absolute Gasteiger partial charge is 0.481 e. The van der Waals surface area contributed by atoms with Gasteiger partial charge in [0, 0.05) is 17.5 Å². The predicted molar refractivity (Wildman–Crippen MR) is 153 cm³/mol. The number of benzene rings is 1. The number of nitrogens with one attached hydrogen (secondary N) is 1. The number of halogens is 1. The normalized spacial score (nSPS) is 20.6. The molecule has 0 aliphatic carbocycles. The molecular formula is C29H40FN3O6S. The second-order valence-corrected chi connectivity index (χ2v) is 13.9. The zero-order chi connectivity index (χ0) is 30.0. The second-order valence-electron chi connectivity index (χ2n) is 11.9. The smallest absolute Gasteiger partial charge is 0.309 e. The van der Waals surface area contributed by atoms with Crippen LogP contribution in [0.15, 0.2) is 30.3 Å². The Morgan fingerprint density at radius 3 is 2.35 bits per heavy atom. The molecule has 0 radical (unpaired) electrons. The van der Waals surface area contributed by atoms with Gasteiger partial charge >= 0.3 is 5.97 Å². The van der Waals surface area contributed by atoms with Gasteiger partial charge in [0.05, 0.1) is 35.3 Å². The quantitative estimate of drug-likeness (QED) is 0.381. The number of carboxylic acids is 1. The van der Waals surface area contributed by atoms with Crippen molar-refractivity contribution in [1.82, 2.24) is 9.97 Å². The topological polar surface area (TPSA) is 128 Å². The monoisotopic (exact) mass is 577 g/mol. The summed E-state index contributed by atoms with van der Waals surface area (Å²) in [6.45, 7) is 14.5. The van der Waals surface area contributed by atoms with Gasteiger partial charge in [-0.2, -0.15) is 0 Å². The van der Waals surface area contributed by atoms with Crippen LogP contribution in [-0.4, -0.2) is 53.2 Å². The van der Waals surface area contributed by atoms with Gasteiger partial charge in [-0.1, -0.05) is 46.8 Å². The lowest BCUT2D eigenvalue weighted by atomic mass is 9.75. The van der Waals surface area contributed by atoms with Crippen molar-refractivity contribution >= 4 is 28.0 Å². The van der Waals surface area contributed by atoms with E-state index in [0.29, 0.717) is 28.9 Å². The third-order valence-electron chi connectivity index (χ3n) is 6.65. The Morgan fingerprint density at radius 1 is 1.20 bits per heavy atom. The molecule has 1 saturated heterocycles. The molecule has 1 aliphatic rings. The molecule has 2 aromatic rings. The van der Waals surface area contributed by atoms with Gasteiger partial charge in [0.15, 0.2) is 5.79 Å². The van der Waals surface area contributed by atoms with E-state index in [1.54, 1.807) is 26.0 Å². The molecule has 9 nitrogen and oxygen atoms in total. The van der Waals surface area contributed by atoms with Crippen LogP contribution in [0.5, 0.6) is 0 Å². The highest BCUT2D eigenvalue weighted by atomic mass is 32.2. The van der Waals surface area contributed by atoms with E-state index < -0.39 is 51.1 Å². The zero-order valence-corrected chi connectivity index (χ0v) is 25.2. The minimum atomic E-state index is -3.64. The van der Waals surface area contributed by atoms with Crippen molar-refractivity contribution in [1.29, 1.82) is 0 Å². The molecule has 3 rings (SSSR count). The first-order valence-corrected chi connectivity index (χ1v) is 15.0. The number of anilines is 1. The molecular weight excluding hydrogens is 537 g/mol. The summed E-state index contributed by atoms with van der Waals surface area (Å²) in [5.41, 5.74) is 1.65. The summed E-state index contributed by atoms with van der Waals surface area (Å²) < 4.78 is 53.0. The van der Waals surface area contributed by atoms with E-state index in [9.17, 15) is 22.7 Å². The lowest BCUT2D eigenvalue weighted by Gasteiger charge is -2.44. The molecule has 3 atom stereocenters. The molecule has 1 aliphatic heterocycles. The van der Waals surface area contributed by atoms with Crippen molar-refractivity contribution in [3.63, 3.8) is 0 Å². The van der Waals surface area contributed by atoms with Gasteiger partial charge in [0.2, 0.25) is 16.0 Å². The molecule has 1 aromatic heterocycles. The zero-order valence-electron chi connectivity index (χ0n) is 24.4. The maximum atomic E-state index is 13.8. The lowest BCUT2D eigenvalue weighted by molar-refractivity contribution is -0.302. The fourth-order valence-corrected chi connectivity index (χ4v) is 5.38. The molecule has 40 heavy (non-hydrogen) atoms. The number of hydrogen-bond acceptors (Lipinski definition) is 7. The van der Waals surface area contributed by atoms with Gasteiger partial charge in [-0.15, -0.1) is 0 Å². The van der Waals surface area contributed by atoms with Crippen molar-refractivity contribution in [3.8, 4) is 11.3 Å². The van der Waals surface area contributed by atoms with Gasteiger partial charge in [0.25, 0.3) is 0 Å². The van der Waals surface area contributed by atoms with Crippen LogP contribution in [0.3, 0.4) is 0 Å². The third kappa shape index (κ3) is 7.86. The molecule has 1 aromatic carbocycles. The fraction of sp³-hybridized carbons (Fsp3) is 0.552. The van der Waals surface area contributed by atoms with Gasteiger partial charge in [0.1, 0.15) is 5.82 Å². The average Bonchev–Trinajstić information content (AvgIpc) is 2.81. The number of hydrogen-bond donors (Lipinski definition) is 2. The molecule has 0 saturated carbocycles. The Balaban J connectivity index is 2.12.